The molecule has 1 aromatic heterocycles. The number of hydrogen-bond donors (Lipinski definition) is 0. The minimum absolute atomic E-state index is 0.348. The minimum Gasteiger partial charge on any atom is -0.241 e. The number of aryl methyl sites for hydroxylation is 1. The summed E-state index contributed by atoms with van der Waals surface area (Å²) in [7, 11) is 0. The van der Waals surface area contributed by atoms with Crippen molar-refractivity contribution in [2.75, 3.05) is 0 Å². The van der Waals surface area contributed by atoms with Crippen LogP contribution in [-0.2, 0) is 11.8 Å². The van der Waals surface area contributed by atoms with Crippen LogP contribution in [0.1, 0.15) is 115 Å². The van der Waals surface area contributed by atoms with Gasteiger partial charge in [0.05, 0.1) is 11.5 Å². The highest BCUT2D eigenvalue weighted by atomic mass is 14.9. The quantitative estimate of drug-likeness (QED) is 0.376. The van der Waals surface area contributed by atoms with E-state index in [4.69, 9.17) is 0 Å². The van der Waals surface area contributed by atoms with E-state index in [2.05, 4.69) is 29.9 Å². The summed E-state index contributed by atoms with van der Waals surface area (Å²) in [6.45, 7) is 4.51. The third-order valence-corrected chi connectivity index (χ3v) is 6.40. The Morgan fingerprint density at radius 3 is 2.11 bits per heavy atom. The second-order valence-electron chi connectivity index (χ2n) is 8.54. The van der Waals surface area contributed by atoms with Gasteiger partial charge in [-0.25, -0.2) is 9.97 Å². The molecule has 0 saturated heterocycles. The lowest BCUT2D eigenvalue weighted by molar-refractivity contribution is 0.260. The highest BCUT2D eigenvalue weighted by Gasteiger charge is 2.37. The van der Waals surface area contributed by atoms with Crippen molar-refractivity contribution >= 4 is 0 Å². The molecule has 27 heavy (non-hydrogen) atoms. The Hall–Kier alpha value is -1.43. The molecule has 0 atom stereocenters. The van der Waals surface area contributed by atoms with Gasteiger partial charge in [0, 0.05) is 24.4 Å². The Balaban J connectivity index is 1.82. The number of rotatable bonds is 12. The van der Waals surface area contributed by atoms with Gasteiger partial charge >= 0.3 is 0 Å². The lowest BCUT2D eigenvalue weighted by Crippen LogP contribution is -2.30. The Morgan fingerprint density at radius 1 is 0.926 bits per heavy atom. The maximum Gasteiger partial charge on any atom is 0.128 e. The summed E-state index contributed by atoms with van der Waals surface area (Å²) in [5.41, 5.74) is 0.698. The van der Waals surface area contributed by atoms with Crippen LogP contribution in [0, 0.1) is 17.2 Å². The fraction of sp³-hybridized carbons (Fsp3) is 0.792. The summed E-state index contributed by atoms with van der Waals surface area (Å²) in [4.78, 5) is 9.18. The SMILES string of the molecule is CCCCCCCc1ncc(C2(C#N)CCC(CCCCCC)CC2)cn1. The first-order valence-electron chi connectivity index (χ1n) is 11.5. The van der Waals surface area contributed by atoms with Gasteiger partial charge in [0.1, 0.15) is 5.82 Å². The van der Waals surface area contributed by atoms with Gasteiger partial charge in [-0.15, -0.1) is 0 Å². The maximum absolute atomic E-state index is 9.91. The molecule has 0 bridgehead atoms. The normalized spacial score (nSPS) is 22.5. The summed E-state index contributed by atoms with van der Waals surface area (Å²) in [6.07, 6.45) is 22.2. The third kappa shape index (κ3) is 6.91. The molecule has 0 radical (unpaired) electrons. The summed E-state index contributed by atoms with van der Waals surface area (Å²) in [5.74, 6) is 1.75. The largest absolute Gasteiger partial charge is 0.241 e. The molecule has 3 nitrogen and oxygen atoms in total. The Bertz CT molecular complexity index is 550. The molecule has 1 fully saturated rings. The van der Waals surface area contributed by atoms with Gasteiger partial charge < -0.3 is 0 Å². The summed E-state index contributed by atoms with van der Waals surface area (Å²) in [6, 6.07) is 2.64. The summed E-state index contributed by atoms with van der Waals surface area (Å²) >= 11 is 0. The van der Waals surface area contributed by atoms with E-state index in [1.807, 2.05) is 12.4 Å². The number of hydrogen-bond acceptors (Lipinski definition) is 3. The van der Waals surface area contributed by atoms with E-state index in [0.29, 0.717) is 0 Å². The van der Waals surface area contributed by atoms with Crippen LogP contribution in [0.4, 0.5) is 0 Å². The second kappa shape index (κ2) is 12.1. The molecule has 150 valence electrons. The van der Waals surface area contributed by atoms with Crippen molar-refractivity contribution in [1.29, 1.82) is 5.26 Å². The van der Waals surface area contributed by atoms with Gasteiger partial charge in [-0.2, -0.15) is 5.26 Å². The molecule has 0 N–H and O–H groups in total. The van der Waals surface area contributed by atoms with Crippen LogP contribution in [0.15, 0.2) is 12.4 Å². The summed E-state index contributed by atoms with van der Waals surface area (Å²) in [5, 5.41) is 9.91. The molecule has 1 aliphatic rings. The first kappa shape index (κ1) is 21.9. The molecule has 0 aromatic carbocycles. The number of unbranched alkanes of at least 4 members (excludes halogenated alkanes) is 7. The topological polar surface area (TPSA) is 49.6 Å². The third-order valence-electron chi connectivity index (χ3n) is 6.40. The minimum atomic E-state index is -0.348. The van der Waals surface area contributed by atoms with E-state index < -0.39 is 0 Å². The molecule has 0 spiro atoms. The van der Waals surface area contributed by atoms with Gasteiger partial charge in [0.2, 0.25) is 0 Å². The van der Waals surface area contributed by atoms with Crippen LogP contribution in [0.5, 0.6) is 0 Å². The Kier molecular flexibility index (Phi) is 9.81. The monoisotopic (exact) mass is 369 g/mol. The molecule has 1 aliphatic carbocycles. The van der Waals surface area contributed by atoms with Crippen LogP contribution in [0.25, 0.3) is 0 Å². The average Bonchev–Trinajstić information content (AvgIpc) is 2.72. The first-order chi connectivity index (χ1) is 13.2. The Labute approximate surface area is 167 Å². The van der Waals surface area contributed by atoms with E-state index in [0.717, 1.165) is 36.6 Å². The van der Waals surface area contributed by atoms with Crippen molar-refractivity contribution in [2.24, 2.45) is 5.92 Å². The lowest BCUT2D eigenvalue weighted by atomic mass is 9.67. The van der Waals surface area contributed by atoms with Crippen molar-refractivity contribution in [1.82, 2.24) is 9.97 Å². The second-order valence-corrected chi connectivity index (χ2v) is 8.54. The molecule has 1 saturated carbocycles. The standard InChI is InChI=1S/C24H39N3/c1-3-5-7-9-11-13-23-26-18-22(19-27-23)24(20-25)16-14-21(15-17-24)12-10-8-6-4-2/h18-19,21H,3-17H2,1-2H3. The van der Waals surface area contributed by atoms with Crippen molar-refractivity contribution in [3.63, 3.8) is 0 Å². The van der Waals surface area contributed by atoms with Crippen LogP contribution in [-0.4, -0.2) is 9.97 Å². The number of nitriles is 1. The summed E-state index contributed by atoms with van der Waals surface area (Å²) < 4.78 is 0. The predicted octanol–water partition coefficient (Wildman–Crippen LogP) is 6.91. The molecule has 2 rings (SSSR count). The van der Waals surface area contributed by atoms with Crippen LogP contribution >= 0.6 is 0 Å². The van der Waals surface area contributed by atoms with Gasteiger partial charge in [-0.05, 0) is 38.0 Å². The van der Waals surface area contributed by atoms with Crippen molar-refractivity contribution in [3.05, 3.63) is 23.8 Å². The zero-order chi connectivity index (χ0) is 19.4. The highest BCUT2D eigenvalue weighted by Crippen LogP contribution is 2.42. The zero-order valence-electron chi connectivity index (χ0n) is 17.7. The molecule has 1 heterocycles. The maximum atomic E-state index is 9.91. The van der Waals surface area contributed by atoms with Crippen LogP contribution < -0.4 is 0 Å². The van der Waals surface area contributed by atoms with Crippen molar-refractivity contribution < 1.29 is 0 Å². The van der Waals surface area contributed by atoms with E-state index in [-0.39, 0.29) is 5.41 Å². The molecule has 3 heteroatoms. The smallest absolute Gasteiger partial charge is 0.128 e. The number of aromatic nitrogens is 2. The van der Waals surface area contributed by atoms with E-state index in [9.17, 15) is 5.26 Å². The molecular formula is C24H39N3. The predicted molar refractivity (Wildman–Crippen MR) is 113 cm³/mol. The van der Waals surface area contributed by atoms with Crippen LogP contribution in [0.3, 0.4) is 0 Å². The van der Waals surface area contributed by atoms with Gasteiger partial charge in [-0.3, -0.25) is 0 Å². The fourth-order valence-electron chi connectivity index (χ4n) is 4.40. The zero-order valence-corrected chi connectivity index (χ0v) is 17.7. The lowest BCUT2D eigenvalue weighted by Gasteiger charge is -2.35. The molecule has 0 unspecified atom stereocenters. The van der Waals surface area contributed by atoms with Crippen molar-refractivity contribution in [2.45, 2.75) is 116 Å². The van der Waals surface area contributed by atoms with Crippen LogP contribution in [0.2, 0.25) is 0 Å². The Morgan fingerprint density at radius 2 is 1.52 bits per heavy atom. The first-order valence-corrected chi connectivity index (χ1v) is 11.5. The number of nitrogens with zero attached hydrogens (tertiary/aromatic N) is 3. The van der Waals surface area contributed by atoms with E-state index in [1.165, 1.54) is 77.0 Å². The fourth-order valence-corrected chi connectivity index (χ4v) is 4.40. The average molecular weight is 370 g/mol. The molecule has 1 aromatic rings. The van der Waals surface area contributed by atoms with Crippen molar-refractivity contribution in [3.8, 4) is 6.07 Å². The van der Waals surface area contributed by atoms with Gasteiger partial charge in [0.15, 0.2) is 0 Å². The van der Waals surface area contributed by atoms with E-state index >= 15 is 0 Å². The molecule has 0 aliphatic heterocycles. The highest BCUT2D eigenvalue weighted by molar-refractivity contribution is 5.29. The van der Waals surface area contributed by atoms with Gasteiger partial charge in [0.25, 0.3) is 0 Å². The molecule has 0 amide bonds. The molecular weight excluding hydrogens is 330 g/mol. The van der Waals surface area contributed by atoms with E-state index in [1.54, 1.807) is 0 Å². The van der Waals surface area contributed by atoms with Gasteiger partial charge in [-0.1, -0.05) is 71.6 Å².